The molecule has 1 heterocycles. The molecule has 0 aliphatic rings. The number of nitrogens with two attached hydrogens (primary N) is 1. The molecule has 0 radical (unpaired) electrons. The summed E-state index contributed by atoms with van der Waals surface area (Å²) in [4.78, 5) is 11.1. The fourth-order valence-electron chi connectivity index (χ4n) is 1.99. The molecule has 0 bridgehead atoms. The van der Waals surface area contributed by atoms with Crippen LogP contribution in [0.25, 0.3) is 0 Å². The van der Waals surface area contributed by atoms with Gasteiger partial charge in [0.1, 0.15) is 0 Å². The highest BCUT2D eigenvalue weighted by Gasteiger charge is 2.18. The maximum absolute atomic E-state index is 13.7. The van der Waals surface area contributed by atoms with Crippen molar-refractivity contribution in [2.45, 2.75) is 13.0 Å². The maximum atomic E-state index is 13.7. The molecule has 1 aromatic heterocycles. The van der Waals surface area contributed by atoms with E-state index in [1.807, 2.05) is 0 Å². The van der Waals surface area contributed by atoms with E-state index in [0.29, 0.717) is 17.7 Å². The van der Waals surface area contributed by atoms with Crippen molar-refractivity contribution in [1.82, 2.24) is 15.0 Å². The van der Waals surface area contributed by atoms with Gasteiger partial charge in [-0.15, -0.1) is 5.10 Å². The number of halogens is 1. The van der Waals surface area contributed by atoms with Crippen molar-refractivity contribution in [2.24, 2.45) is 5.73 Å². The molecule has 0 spiro atoms. The first kappa shape index (κ1) is 14.9. The van der Waals surface area contributed by atoms with Crippen LogP contribution in [0.3, 0.4) is 0 Å². The smallest absolute Gasteiger partial charge is 0.358 e. The molecule has 0 aliphatic carbocycles. The topological polar surface area (TPSA) is 103 Å². The minimum absolute atomic E-state index is 0.130. The zero-order chi connectivity index (χ0) is 15.4. The molecule has 2 rings (SSSR count). The summed E-state index contributed by atoms with van der Waals surface area (Å²) in [5.41, 5.74) is 6.38. The fourth-order valence-corrected chi connectivity index (χ4v) is 1.99. The van der Waals surface area contributed by atoms with Crippen LogP contribution in [0.1, 0.15) is 21.7 Å². The van der Waals surface area contributed by atoms with E-state index in [-0.39, 0.29) is 24.5 Å². The van der Waals surface area contributed by atoms with Gasteiger partial charge in [-0.25, -0.2) is 13.9 Å². The van der Waals surface area contributed by atoms with E-state index in [0.717, 1.165) is 0 Å². The summed E-state index contributed by atoms with van der Waals surface area (Å²) in [6.45, 7) is 0.473. The molecule has 0 amide bonds. The number of methoxy groups -OCH3 is 1. The average Bonchev–Trinajstić information content (AvgIpc) is 2.83. The number of benzene rings is 1. The van der Waals surface area contributed by atoms with Gasteiger partial charge in [-0.3, -0.25) is 0 Å². The van der Waals surface area contributed by atoms with Crippen LogP contribution >= 0.6 is 0 Å². The Morgan fingerprint density at radius 3 is 2.86 bits per heavy atom. The van der Waals surface area contributed by atoms with Gasteiger partial charge in [-0.1, -0.05) is 11.3 Å². The number of ether oxygens (including phenoxy) is 1. The molecule has 1 aromatic carbocycles. The lowest BCUT2D eigenvalue weighted by atomic mass is 10.2. The molecule has 0 aliphatic heterocycles. The first-order chi connectivity index (χ1) is 10.1. The molecule has 0 saturated carbocycles. The maximum Gasteiger partial charge on any atom is 0.358 e. The Labute approximate surface area is 120 Å². The van der Waals surface area contributed by atoms with Crippen LogP contribution in [0.2, 0.25) is 0 Å². The molecule has 2 aromatic rings. The van der Waals surface area contributed by atoms with E-state index < -0.39 is 11.8 Å². The van der Waals surface area contributed by atoms with Crippen LogP contribution in [0, 0.1) is 5.82 Å². The molecule has 3 N–H and O–H groups in total. The monoisotopic (exact) mass is 294 g/mol. The molecule has 0 atom stereocenters. The van der Waals surface area contributed by atoms with Gasteiger partial charge in [0.05, 0.1) is 19.3 Å². The Morgan fingerprint density at radius 1 is 1.52 bits per heavy atom. The minimum Gasteiger partial charge on any atom is -0.494 e. The van der Waals surface area contributed by atoms with E-state index in [1.54, 1.807) is 6.07 Å². The van der Waals surface area contributed by atoms with Crippen molar-refractivity contribution in [3.05, 3.63) is 41.0 Å². The first-order valence-electron chi connectivity index (χ1n) is 6.25. The summed E-state index contributed by atoms with van der Waals surface area (Å²) in [6.07, 6.45) is 0.327. The lowest BCUT2D eigenvalue weighted by Gasteiger charge is -2.08. The molecule has 7 nitrogen and oxygen atoms in total. The van der Waals surface area contributed by atoms with Gasteiger partial charge >= 0.3 is 5.97 Å². The number of hydrogen-bond donors (Lipinski definition) is 2. The SMILES string of the molecule is COc1ccc(Cn2nnc(C(=O)O)c2CCN)cc1F. The number of carbonyl (C=O) groups is 1. The highest BCUT2D eigenvalue weighted by Crippen LogP contribution is 2.19. The highest BCUT2D eigenvalue weighted by atomic mass is 19.1. The second-order valence-electron chi connectivity index (χ2n) is 4.36. The fraction of sp³-hybridized carbons (Fsp3) is 0.308. The van der Waals surface area contributed by atoms with Crippen LogP contribution in [-0.4, -0.2) is 39.7 Å². The zero-order valence-electron chi connectivity index (χ0n) is 11.4. The Balaban J connectivity index is 2.31. The molecule has 8 heteroatoms. The third-order valence-electron chi connectivity index (χ3n) is 2.97. The van der Waals surface area contributed by atoms with Crippen LogP contribution < -0.4 is 10.5 Å². The molecule has 21 heavy (non-hydrogen) atoms. The molecule has 0 saturated heterocycles. The van der Waals surface area contributed by atoms with Crippen LogP contribution in [0.4, 0.5) is 4.39 Å². The second-order valence-corrected chi connectivity index (χ2v) is 4.36. The Morgan fingerprint density at radius 2 is 2.29 bits per heavy atom. The lowest BCUT2D eigenvalue weighted by Crippen LogP contribution is -2.14. The van der Waals surface area contributed by atoms with Gasteiger partial charge in [-0.2, -0.15) is 0 Å². The molecule has 0 unspecified atom stereocenters. The standard InChI is InChI=1S/C13H15FN4O3/c1-21-11-3-2-8(6-9(11)14)7-18-10(4-5-15)12(13(19)20)16-17-18/h2-3,6H,4-5,7,15H2,1H3,(H,19,20). The molecular formula is C13H15FN4O3. The summed E-state index contributed by atoms with van der Waals surface area (Å²) in [5, 5.41) is 16.5. The van der Waals surface area contributed by atoms with Crippen molar-refractivity contribution in [1.29, 1.82) is 0 Å². The number of carboxylic acid groups (broad SMARTS) is 1. The van der Waals surface area contributed by atoms with Gasteiger partial charge in [0.15, 0.2) is 17.3 Å². The predicted molar refractivity (Wildman–Crippen MR) is 71.8 cm³/mol. The number of carboxylic acids is 1. The van der Waals surface area contributed by atoms with Gasteiger partial charge in [0.2, 0.25) is 0 Å². The number of aromatic nitrogens is 3. The van der Waals surface area contributed by atoms with Gasteiger partial charge in [-0.05, 0) is 24.2 Å². The van der Waals surface area contributed by atoms with E-state index in [9.17, 15) is 9.18 Å². The van der Waals surface area contributed by atoms with Crippen molar-refractivity contribution < 1.29 is 19.0 Å². The van der Waals surface area contributed by atoms with Crippen molar-refractivity contribution >= 4 is 5.97 Å². The van der Waals surface area contributed by atoms with Crippen LogP contribution in [0.15, 0.2) is 18.2 Å². The quantitative estimate of drug-likeness (QED) is 0.811. The zero-order valence-corrected chi connectivity index (χ0v) is 11.4. The largest absolute Gasteiger partial charge is 0.494 e. The Kier molecular flexibility index (Phi) is 4.49. The summed E-state index contributed by atoms with van der Waals surface area (Å²) >= 11 is 0. The summed E-state index contributed by atoms with van der Waals surface area (Å²) in [7, 11) is 1.38. The molecule has 0 fully saturated rings. The second kappa shape index (κ2) is 6.31. The van der Waals surface area contributed by atoms with E-state index in [1.165, 1.54) is 23.9 Å². The first-order valence-corrected chi connectivity index (χ1v) is 6.25. The average molecular weight is 294 g/mol. The Bertz CT molecular complexity index is 657. The van der Waals surface area contributed by atoms with E-state index in [2.05, 4.69) is 10.3 Å². The normalized spacial score (nSPS) is 10.6. The third kappa shape index (κ3) is 3.16. The molecular weight excluding hydrogens is 279 g/mol. The van der Waals surface area contributed by atoms with E-state index >= 15 is 0 Å². The third-order valence-corrected chi connectivity index (χ3v) is 2.97. The molecule has 112 valence electrons. The minimum atomic E-state index is -1.16. The van der Waals surface area contributed by atoms with Gasteiger partial charge in [0.25, 0.3) is 0 Å². The summed E-state index contributed by atoms with van der Waals surface area (Å²) in [5.74, 6) is -1.51. The van der Waals surface area contributed by atoms with Crippen molar-refractivity contribution in [3.8, 4) is 5.75 Å². The van der Waals surface area contributed by atoms with Crippen molar-refractivity contribution in [3.63, 3.8) is 0 Å². The number of aromatic carboxylic acids is 1. The van der Waals surface area contributed by atoms with Crippen molar-refractivity contribution in [2.75, 3.05) is 13.7 Å². The van der Waals surface area contributed by atoms with Gasteiger partial charge < -0.3 is 15.6 Å². The number of nitrogens with zero attached hydrogens (tertiary/aromatic N) is 3. The van der Waals surface area contributed by atoms with Crippen LogP contribution in [0.5, 0.6) is 5.75 Å². The van der Waals surface area contributed by atoms with Crippen LogP contribution in [-0.2, 0) is 13.0 Å². The number of hydrogen-bond acceptors (Lipinski definition) is 5. The predicted octanol–water partition coefficient (Wildman–Crippen LogP) is 0.674. The Hall–Kier alpha value is -2.48. The highest BCUT2D eigenvalue weighted by molar-refractivity contribution is 5.86. The van der Waals surface area contributed by atoms with E-state index in [4.69, 9.17) is 15.6 Å². The summed E-state index contributed by atoms with van der Waals surface area (Å²) in [6, 6.07) is 4.49. The number of rotatable bonds is 6. The van der Waals surface area contributed by atoms with Gasteiger partial charge in [0, 0.05) is 6.42 Å². The summed E-state index contributed by atoms with van der Waals surface area (Å²) < 4.78 is 19.9. The lowest BCUT2D eigenvalue weighted by molar-refractivity contribution is 0.0689.